The summed E-state index contributed by atoms with van der Waals surface area (Å²) < 4.78 is -0.315. The van der Waals surface area contributed by atoms with Gasteiger partial charge in [-0.25, -0.2) is 9.18 Å². The van der Waals surface area contributed by atoms with Gasteiger partial charge in [-0.15, -0.1) is 0 Å². The fourth-order valence-corrected chi connectivity index (χ4v) is 2.59. The van der Waals surface area contributed by atoms with E-state index in [0.717, 1.165) is 0 Å². The standard InChI is InChI=1S/C18H30N4O6/c1-21(2,9-15(25)11-23)19-17(27)13-5-7-14(8-6-13)18(28)20-22(3,4)10-16(26)12-24/h5-8,15-16,23-26H,9-12H2,1-4H3. The molecule has 0 aliphatic heterocycles. The summed E-state index contributed by atoms with van der Waals surface area (Å²) in [4.78, 5) is 0. The van der Waals surface area contributed by atoms with Crippen LogP contribution in [0.1, 0.15) is 11.1 Å². The van der Waals surface area contributed by atoms with Crippen molar-refractivity contribution in [3.05, 3.63) is 35.4 Å². The molecule has 2 unspecified atom stereocenters. The molecule has 1 aromatic rings. The third-order valence-corrected chi connectivity index (χ3v) is 3.84. The summed E-state index contributed by atoms with van der Waals surface area (Å²) in [5, 5.41) is 69.5. The molecule has 0 saturated carbocycles. The van der Waals surface area contributed by atoms with Crippen molar-refractivity contribution in [1.29, 1.82) is 0 Å². The van der Waals surface area contributed by atoms with Gasteiger partial charge in [-0.2, -0.15) is 0 Å². The highest BCUT2D eigenvalue weighted by Crippen LogP contribution is 2.09. The molecule has 0 saturated heterocycles. The van der Waals surface area contributed by atoms with E-state index in [1.807, 2.05) is 0 Å². The average molecular weight is 398 g/mol. The average Bonchev–Trinajstić information content (AvgIpc) is 2.59. The third kappa shape index (κ3) is 7.89. The van der Waals surface area contributed by atoms with E-state index in [9.17, 15) is 20.4 Å². The van der Waals surface area contributed by atoms with Gasteiger partial charge in [-0.3, -0.25) is 0 Å². The van der Waals surface area contributed by atoms with Crippen LogP contribution in [0.2, 0.25) is 0 Å². The van der Waals surface area contributed by atoms with Crippen LogP contribution in [0, 0.1) is 0 Å². The van der Waals surface area contributed by atoms with Gasteiger partial charge in [0, 0.05) is 0 Å². The highest BCUT2D eigenvalue weighted by atomic mass is 16.3. The van der Waals surface area contributed by atoms with Crippen LogP contribution in [0.5, 0.6) is 0 Å². The maximum atomic E-state index is 12.3. The Balaban J connectivity index is 2.95. The van der Waals surface area contributed by atoms with Gasteiger partial charge in [0.05, 0.1) is 53.2 Å². The van der Waals surface area contributed by atoms with Crippen LogP contribution in [-0.2, 0) is 0 Å². The van der Waals surface area contributed by atoms with E-state index in [2.05, 4.69) is 10.2 Å². The molecule has 0 aliphatic rings. The second-order valence-corrected chi connectivity index (χ2v) is 7.67. The van der Waals surface area contributed by atoms with E-state index in [1.54, 1.807) is 28.2 Å². The number of aliphatic hydroxyl groups is 4. The Bertz CT molecular complexity index is 629. The fraction of sp³-hybridized carbons (Fsp3) is 0.556. The van der Waals surface area contributed by atoms with Crippen LogP contribution in [0.25, 0.3) is 0 Å². The fourth-order valence-electron chi connectivity index (χ4n) is 2.59. The molecule has 0 amide bonds. The first-order chi connectivity index (χ1) is 12.9. The summed E-state index contributed by atoms with van der Waals surface area (Å²) in [5.41, 5.74) is 0.538. The lowest BCUT2D eigenvalue weighted by Crippen LogP contribution is -2.44. The van der Waals surface area contributed by atoms with E-state index in [-0.39, 0.29) is 33.4 Å². The number of quaternary nitrogens is 2. The van der Waals surface area contributed by atoms with Crippen molar-refractivity contribution in [1.82, 2.24) is 0 Å². The lowest BCUT2D eigenvalue weighted by molar-refractivity contribution is -0.901. The minimum absolute atomic E-state index is 0.0738. The molecule has 10 nitrogen and oxygen atoms in total. The molecule has 1 aromatic carbocycles. The minimum atomic E-state index is -0.987. The number of hydrogen-bond acceptors (Lipinski definition) is 8. The summed E-state index contributed by atoms with van der Waals surface area (Å²) in [7, 11) is 6.48. The lowest BCUT2D eigenvalue weighted by Gasteiger charge is -2.27. The Labute approximate surface area is 164 Å². The van der Waals surface area contributed by atoms with Crippen molar-refractivity contribution in [2.45, 2.75) is 12.2 Å². The molecule has 4 N–H and O–H groups in total. The van der Waals surface area contributed by atoms with E-state index in [4.69, 9.17) is 10.2 Å². The predicted octanol–water partition coefficient (Wildman–Crippen LogP) is -3.41. The molecule has 0 fully saturated rings. The lowest BCUT2D eigenvalue weighted by atomic mass is 10.1. The quantitative estimate of drug-likeness (QED) is 0.139. The first kappa shape index (κ1) is 24.0. The van der Waals surface area contributed by atoms with Crippen LogP contribution >= 0.6 is 0 Å². The van der Waals surface area contributed by atoms with Gasteiger partial charge < -0.3 is 30.6 Å². The van der Waals surface area contributed by atoms with Crippen molar-refractivity contribution in [3.63, 3.8) is 0 Å². The Morgan fingerprint density at radius 1 is 0.786 bits per heavy atom. The van der Waals surface area contributed by atoms with Crippen LogP contribution in [0.15, 0.2) is 34.5 Å². The number of likely N-dealkylation sites (N-methyl/N-ethyl adjacent to an activating group) is 2. The zero-order chi connectivity index (χ0) is 21.5. The SMILES string of the molecule is C[N+](C)(CC(O)CO)/N=C(\[O-])c1ccc(/C([O-])=N\[N+](C)(C)CC(O)CO)cc1. The molecule has 0 spiro atoms. The van der Waals surface area contributed by atoms with Crippen LogP contribution in [0.3, 0.4) is 0 Å². The molecule has 28 heavy (non-hydrogen) atoms. The summed E-state index contributed by atoms with van der Waals surface area (Å²) in [6.07, 6.45) is -1.97. The van der Waals surface area contributed by atoms with Gasteiger partial charge in [-0.05, 0) is 11.1 Å². The van der Waals surface area contributed by atoms with Crippen molar-refractivity contribution in [2.75, 3.05) is 54.5 Å². The van der Waals surface area contributed by atoms with Crippen LogP contribution < -0.4 is 10.2 Å². The van der Waals surface area contributed by atoms with Gasteiger partial charge in [0.1, 0.15) is 25.3 Å². The Morgan fingerprint density at radius 2 is 1.07 bits per heavy atom. The predicted molar refractivity (Wildman–Crippen MR) is 99.7 cm³/mol. The normalized spacial score (nSPS) is 16.1. The molecule has 0 bridgehead atoms. The van der Waals surface area contributed by atoms with Gasteiger partial charge >= 0.3 is 0 Å². The first-order valence-corrected chi connectivity index (χ1v) is 8.78. The van der Waals surface area contributed by atoms with E-state index >= 15 is 0 Å². The van der Waals surface area contributed by atoms with Gasteiger partial charge in [-0.1, -0.05) is 34.5 Å². The Hall–Kier alpha value is -2.08. The molecular formula is C18H30N4O6. The summed E-state index contributed by atoms with van der Waals surface area (Å²) in [6, 6.07) is 5.83. The van der Waals surface area contributed by atoms with Crippen molar-refractivity contribution in [3.8, 4) is 0 Å². The van der Waals surface area contributed by atoms with Crippen molar-refractivity contribution in [2.24, 2.45) is 10.2 Å². The second kappa shape index (κ2) is 9.92. The molecule has 2 atom stereocenters. The maximum absolute atomic E-state index is 12.3. The van der Waals surface area contributed by atoms with Gasteiger partial charge in [0.25, 0.3) is 0 Å². The monoisotopic (exact) mass is 398 g/mol. The van der Waals surface area contributed by atoms with E-state index < -0.39 is 37.2 Å². The zero-order valence-corrected chi connectivity index (χ0v) is 16.7. The summed E-state index contributed by atoms with van der Waals surface area (Å²) in [6.45, 7) is -0.694. The van der Waals surface area contributed by atoms with E-state index in [1.165, 1.54) is 24.3 Å². The summed E-state index contributed by atoms with van der Waals surface area (Å²) in [5.74, 6) is -1.04. The number of benzene rings is 1. The van der Waals surface area contributed by atoms with Gasteiger partial charge in [0.2, 0.25) is 0 Å². The van der Waals surface area contributed by atoms with Crippen molar-refractivity contribution >= 4 is 11.8 Å². The number of nitrogens with zero attached hydrogens (tertiary/aromatic N) is 4. The van der Waals surface area contributed by atoms with Crippen molar-refractivity contribution < 1.29 is 39.8 Å². The zero-order valence-electron chi connectivity index (χ0n) is 16.7. The maximum Gasteiger partial charge on any atom is 0.131 e. The topological polar surface area (TPSA) is 152 Å². The molecule has 10 heteroatoms. The van der Waals surface area contributed by atoms with Crippen LogP contribution in [0.4, 0.5) is 0 Å². The van der Waals surface area contributed by atoms with Gasteiger partial charge in [0.15, 0.2) is 0 Å². The molecule has 0 aliphatic carbocycles. The van der Waals surface area contributed by atoms with Crippen LogP contribution in [-0.4, -0.2) is 108 Å². The largest absolute Gasteiger partial charge is 0.855 e. The molecule has 1 rings (SSSR count). The number of rotatable bonds is 10. The minimum Gasteiger partial charge on any atom is -0.855 e. The Morgan fingerprint density at radius 3 is 1.32 bits per heavy atom. The summed E-state index contributed by atoms with van der Waals surface area (Å²) >= 11 is 0. The first-order valence-electron chi connectivity index (χ1n) is 8.78. The Kier molecular flexibility index (Phi) is 8.48. The van der Waals surface area contributed by atoms with E-state index in [0.29, 0.717) is 0 Å². The second-order valence-electron chi connectivity index (χ2n) is 7.67. The number of aliphatic hydroxyl groups excluding tert-OH is 4. The highest BCUT2D eigenvalue weighted by molar-refractivity contribution is 5.94. The highest BCUT2D eigenvalue weighted by Gasteiger charge is 2.21. The molecule has 158 valence electrons. The smallest absolute Gasteiger partial charge is 0.131 e. The molecular weight excluding hydrogens is 368 g/mol. The number of hydrogen-bond donors (Lipinski definition) is 4. The molecule has 0 aromatic heterocycles. The molecule has 0 heterocycles. The third-order valence-electron chi connectivity index (χ3n) is 3.84. The molecule has 0 radical (unpaired) electrons.